The van der Waals surface area contributed by atoms with E-state index in [0.717, 1.165) is 24.9 Å². The van der Waals surface area contributed by atoms with Crippen LogP contribution in [0.15, 0.2) is 29.2 Å². The van der Waals surface area contributed by atoms with Crippen LogP contribution in [0.5, 0.6) is 0 Å². The maximum absolute atomic E-state index is 12.7. The van der Waals surface area contributed by atoms with E-state index in [1.54, 1.807) is 16.4 Å². The smallest absolute Gasteiger partial charge is 0.243 e. The molecular formula is C16H28N2O2S. The summed E-state index contributed by atoms with van der Waals surface area (Å²) in [6.07, 6.45) is 1.88. The highest BCUT2D eigenvalue weighted by Crippen LogP contribution is 2.21. The maximum atomic E-state index is 12.7. The lowest BCUT2D eigenvalue weighted by Gasteiger charge is -2.21. The Morgan fingerprint density at radius 3 is 2.52 bits per heavy atom. The molecule has 0 aliphatic heterocycles. The second-order valence-electron chi connectivity index (χ2n) is 5.20. The minimum atomic E-state index is -3.39. The van der Waals surface area contributed by atoms with E-state index in [0.29, 0.717) is 18.0 Å². The summed E-state index contributed by atoms with van der Waals surface area (Å²) in [5, 5.41) is 3.31. The van der Waals surface area contributed by atoms with Gasteiger partial charge in [-0.3, -0.25) is 0 Å². The van der Waals surface area contributed by atoms with Gasteiger partial charge in [0.15, 0.2) is 0 Å². The molecule has 1 unspecified atom stereocenters. The molecule has 0 heterocycles. The van der Waals surface area contributed by atoms with Gasteiger partial charge in [0.1, 0.15) is 0 Å². The monoisotopic (exact) mass is 312 g/mol. The number of benzene rings is 1. The molecule has 120 valence electrons. The quantitative estimate of drug-likeness (QED) is 0.762. The number of nitrogens with one attached hydrogen (secondary N) is 1. The number of rotatable bonds is 9. The summed E-state index contributed by atoms with van der Waals surface area (Å²) in [6.45, 7) is 10.00. The molecule has 0 aliphatic rings. The molecule has 0 saturated heterocycles. The summed E-state index contributed by atoms with van der Waals surface area (Å²) in [5.41, 5.74) is 1.00. The largest absolute Gasteiger partial charge is 0.310 e. The van der Waals surface area contributed by atoms with E-state index in [2.05, 4.69) is 12.2 Å². The van der Waals surface area contributed by atoms with Crippen LogP contribution in [-0.4, -0.2) is 32.4 Å². The molecular weight excluding hydrogens is 284 g/mol. The minimum absolute atomic E-state index is 0.149. The van der Waals surface area contributed by atoms with Crippen LogP contribution in [0.2, 0.25) is 0 Å². The number of hydrogen-bond acceptors (Lipinski definition) is 3. The van der Waals surface area contributed by atoms with Crippen LogP contribution in [0.3, 0.4) is 0 Å². The summed E-state index contributed by atoms with van der Waals surface area (Å²) in [7, 11) is -3.39. The lowest BCUT2D eigenvalue weighted by Crippen LogP contribution is -2.32. The summed E-state index contributed by atoms with van der Waals surface area (Å²) in [4.78, 5) is 0.391. The molecule has 0 fully saturated rings. The zero-order valence-corrected chi connectivity index (χ0v) is 14.4. The molecule has 1 atom stereocenters. The number of unbranched alkanes of at least 4 members (excludes halogenated alkanes) is 1. The molecule has 0 saturated carbocycles. The van der Waals surface area contributed by atoms with Crippen molar-refractivity contribution in [3.63, 3.8) is 0 Å². The highest BCUT2D eigenvalue weighted by Gasteiger charge is 2.23. The Morgan fingerprint density at radius 2 is 1.95 bits per heavy atom. The molecule has 1 N–H and O–H groups in total. The highest BCUT2D eigenvalue weighted by atomic mass is 32.2. The Kier molecular flexibility index (Phi) is 7.35. The first-order chi connectivity index (χ1) is 9.97. The molecule has 0 aromatic heterocycles. The van der Waals surface area contributed by atoms with Crippen molar-refractivity contribution in [3.05, 3.63) is 29.8 Å². The van der Waals surface area contributed by atoms with Gasteiger partial charge >= 0.3 is 0 Å². The molecule has 0 bridgehead atoms. The van der Waals surface area contributed by atoms with Crippen molar-refractivity contribution in [2.75, 3.05) is 19.6 Å². The van der Waals surface area contributed by atoms with Crippen molar-refractivity contribution in [1.82, 2.24) is 9.62 Å². The summed E-state index contributed by atoms with van der Waals surface area (Å²) >= 11 is 0. The van der Waals surface area contributed by atoms with E-state index >= 15 is 0 Å². The van der Waals surface area contributed by atoms with E-state index in [9.17, 15) is 8.42 Å². The average molecular weight is 312 g/mol. The molecule has 0 amide bonds. The molecule has 1 aromatic rings. The molecule has 1 aromatic carbocycles. The summed E-state index contributed by atoms with van der Waals surface area (Å²) in [6, 6.07) is 7.41. The third-order valence-corrected chi connectivity index (χ3v) is 5.59. The van der Waals surface area contributed by atoms with Gasteiger partial charge in [0.25, 0.3) is 0 Å². The Labute approximate surface area is 129 Å². The van der Waals surface area contributed by atoms with Crippen LogP contribution in [0.1, 0.15) is 52.1 Å². The first-order valence-electron chi connectivity index (χ1n) is 7.80. The van der Waals surface area contributed by atoms with Gasteiger partial charge in [0.2, 0.25) is 10.0 Å². The fourth-order valence-electron chi connectivity index (χ4n) is 2.30. The van der Waals surface area contributed by atoms with E-state index in [-0.39, 0.29) is 6.04 Å². The molecule has 21 heavy (non-hydrogen) atoms. The van der Waals surface area contributed by atoms with Crippen molar-refractivity contribution in [1.29, 1.82) is 0 Å². The Hall–Kier alpha value is -0.910. The third kappa shape index (κ3) is 4.80. The Morgan fingerprint density at radius 1 is 1.24 bits per heavy atom. The second-order valence-corrected chi connectivity index (χ2v) is 7.14. The van der Waals surface area contributed by atoms with Crippen molar-refractivity contribution >= 4 is 10.0 Å². The number of sulfonamides is 1. The van der Waals surface area contributed by atoms with Crippen molar-refractivity contribution < 1.29 is 8.42 Å². The van der Waals surface area contributed by atoms with Crippen LogP contribution < -0.4 is 5.32 Å². The molecule has 0 radical (unpaired) electrons. The lowest BCUT2D eigenvalue weighted by molar-refractivity contribution is 0.419. The van der Waals surface area contributed by atoms with Gasteiger partial charge in [-0.25, -0.2) is 8.42 Å². The molecule has 0 aliphatic carbocycles. The Balaban J connectivity index is 3.04. The average Bonchev–Trinajstić information content (AvgIpc) is 2.48. The number of nitrogens with zero attached hydrogens (tertiary/aromatic N) is 1. The highest BCUT2D eigenvalue weighted by molar-refractivity contribution is 7.89. The first kappa shape index (κ1) is 18.1. The minimum Gasteiger partial charge on any atom is -0.310 e. The van der Waals surface area contributed by atoms with Crippen molar-refractivity contribution in [2.45, 2.75) is 51.5 Å². The fraction of sp³-hybridized carbons (Fsp3) is 0.625. The van der Waals surface area contributed by atoms with E-state index < -0.39 is 10.0 Å². The SMILES string of the molecule is CCCCN(CC)S(=O)(=O)c1cccc(C(C)NCC)c1. The molecule has 4 nitrogen and oxygen atoms in total. The van der Waals surface area contributed by atoms with E-state index in [4.69, 9.17) is 0 Å². The summed E-state index contributed by atoms with van der Waals surface area (Å²) in [5.74, 6) is 0. The van der Waals surface area contributed by atoms with Gasteiger partial charge in [-0.1, -0.05) is 39.3 Å². The van der Waals surface area contributed by atoms with Gasteiger partial charge < -0.3 is 5.32 Å². The van der Waals surface area contributed by atoms with Crippen LogP contribution >= 0.6 is 0 Å². The second kappa shape index (κ2) is 8.51. The van der Waals surface area contributed by atoms with Crippen LogP contribution in [0, 0.1) is 0 Å². The molecule has 1 rings (SSSR count). The van der Waals surface area contributed by atoms with Crippen molar-refractivity contribution in [3.8, 4) is 0 Å². The van der Waals surface area contributed by atoms with Crippen LogP contribution in [0.25, 0.3) is 0 Å². The van der Waals surface area contributed by atoms with Crippen molar-refractivity contribution in [2.24, 2.45) is 0 Å². The standard InChI is InChI=1S/C16H28N2O2S/c1-5-8-12-18(7-3)21(19,20)16-11-9-10-15(13-16)14(4)17-6-2/h9-11,13-14,17H,5-8,12H2,1-4H3. The van der Waals surface area contributed by atoms with Crippen LogP contribution in [0.4, 0.5) is 0 Å². The zero-order valence-electron chi connectivity index (χ0n) is 13.6. The van der Waals surface area contributed by atoms with Gasteiger partial charge in [0, 0.05) is 19.1 Å². The van der Waals surface area contributed by atoms with Gasteiger partial charge in [0.05, 0.1) is 4.90 Å². The van der Waals surface area contributed by atoms with E-state index in [1.165, 1.54) is 0 Å². The topological polar surface area (TPSA) is 49.4 Å². The normalized spacial score (nSPS) is 13.6. The van der Waals surface area contributed by atoms with E-state index in [1.807, 2.05) is 32.9 Å². The first-order valence-corrected chi connectivity index (χ1v) is 9.24. The molecule has 5 heteroatoms. The zero-order chi connectivity index (χ0) is 15.9. The predicted octanol–water partition coefficient (Wildman–Crippen LogP) is 3.17. The summed E-state index contributed by atoms with van der Waals surface area (Å²) < 4.78 is 27.0. The van der Waals surface area contributed by atoms with Gasteiger partial charge in [-0.05, 0) is 37.6 Å². The maximum Gasteiger partial charge on any atom is 0.243 e. The number of hydrogen-bond donors (Lipinski definition) is 1. The third-order valence-electron chi connectivity index (χ3n) is 3.62. The lowest BCUT2D eigenvalue weighted by atomic mass is 10.1. The predicted molar refractivity (Wildman–Crippen MR) is 87.9 cm³/mol. The Bertz CT molecular complexity index is 529. The van der Waals surface area contributed by atoms with Gasteiger partial charge in [-0.15, -0.1) is 0 Å². The van der Waals surface area contributed by atoms with Crippen LogP contribution in [-0.2, 0) is 10.0 Å². The fourth-order valence-corrected chi connectivity index (χ4v) is 3.84. The van der Waals surface area contributed by atoms with Gasteiger partial charge in [-0.2, -0.15) is 4.31 Å². The molecule has 0 spiro atoms.